The first-order valence-electron chi connectivity index (χ1n) is 2.75. The summed E-state index contributed by atoms with van der Waals surface area (Å²) in [5.41, 5.74) is 0. The Bertz CT molecular complexity index is 27.6. The van der Waals surface area contributed by atoms with E-state index in [0.717, 1.165) is 19.1 Å². The van der Waals surface area contributed by atoms with Crippen molar-refractivity contribution in [2.45, 2.75) is 26.0 Å². The van der Waals surface area contributed by atoms with Crippen molar-refractivity contribution in [3.63, 3.8) is 0 Å². The maximum Gasteiger partial charge on any atom is 0.0656 e. The quantitative estimate of drug-likeness (QED) is 0.458. The number of rotatable bonds is 3. The average Bonchev–Trinajstić information content (AvgIpc) is 1.72. The van der Waals surface area contributed by atoms with Crippen LogP contribution in [-0.2, 0) is 0 Å². The van der Waals surface area contributed by atoms with Gasteiger partial charge in [0, 0.05) is 0 Å². The molecule has 7 heavy (non-hydrogen) atoms. The van der Waals surface area contributed by atoms with Crippen LogP contribution in [0, 0.1) is 5.92 Å². The Morgan fingerprint density at radius 1 is 1.29 bits per heavy atom. The first kappa shape index (κ1) is 7.13. The smallest absolute Gasteiger partial charge is 0.0656 e. The van der Waals surface area contributed by atoms with E-state index in [1.807, 2.05) is 0 Å². The molecule has 0 aliphatic carbocycles. The zero-order valence-corrected chi connectivity index (χ0v) is 4.85. The summed E-state index contributed by atoms with van der Waals surface area (Å²) >= 11 is 0. The van der Waals surface area contributed by atoms with E-state index in [1.54, 1.807) is 0 Å². The van der Waals surface area contributed by atoms with Gasteiger partial charge in [-0.2, -0.15) is 0 Å². The molecule has 0 atom stereocenters. The van der Waals surface area contributed by atoms with Gasteiger partial charge in [0.2, 0.25) is 0 Å². The second kappa shape index (κ2) is 4.29. The summed E-state index contributed by atoms with van der Waals surface area (Å²) in [7, 11) is 10.6. The SMILES string of the molecule is [B]CC(C[B])CC. The second-order valence-corrected chi connectivity index (χ2v) is 1.75. The fourth-order valence-corrected chi connectivity index (χ4v) is 0.430. The fourth-order valence-electron chi connectivity index (χ4n) is 0.430. The Balaban J connectivity index is 2.99. The third-order valence-electron chi connectivity index (χ3n) is 1.24. The van der Waals surface area contributed by atoms with Crippen LogP contribution in [0.1, 0.15) is 13.3 Å². The van der Waals surface area contributed by atoms with Crippen LogP contribution in [0.25, 0.3) is 0 Å². The molecule has 0 aromatic heterocycles. The summed E-state index contributed by atoms with van der Waals surface area (Å²) < 4.78 is 0. The van der Waals surface area contributed by atoms with Crippen molar-refractivity contribution < 1.29 is 0 Å². The molecule has 4 radical (unpaired) electrons. The van der Waals surface area contributed by atoms with Crippen LogP contribution in [0.5, 0.6) is 0 Å². The molecule has 0 rings (SSSR count). The molecule has 0 spiro atoms. The van der Waals surface area contributed by atoms with Crippen LogP contribution in [-0.4, -0.2) is 15.7 Å². The van der Waals surface area contributed by atoms with Crippen molar-refractivity contribution in [3.05, 3.63) is 0 Å². The van der Waals surface area contributed by atoms with E-state index in [4.69, 9.17) is 15.7 Å². The summed E-state index contributed by atoms with van der Waals surface area (Å²) in [6, 6.07) is 0. The Morgan fingerprint density at radius 3 is 1.71 bits per heavy atom. The van der Waals surface area contributed by atoms with E-state index in [0.29, 0.717) is 5.92 Å². The van der Waals surface area contributed by atoms with Gasteiger partial charge in [-0.1, -0.05) is 31.9 Å². The summed E-state index contributed by atoms with van der Waals surface area (Å²) in [5, 5.41) is 0. The van der Waals surface area contributed by atoms with Crippen molar-refractivity contribution in [1.29, 1.82) is 0 Å². The van der Waals surface area contributed by atoms with Crippen molar-refractivity contribution >= 4 is 15.7 Å². The largest absolute Gasteiger partial charge is 0.0866 e. The third kappa shape index (κ3) is 2.78. The Morgan fingerprint density at radius 2 is 1.71 bits per heavy atom. The monoisotopic (exact) mass is 92.1 g/mol. The van der Waals surface area contributed by atoms with E-state index in [9.17, 15) is 0 Å². The highest BCUT2D eigenvalue weighted by molar-refractivity contribution is 6.11. The predicted molar refractivity (Wildman–Crippen MR) is 34.9 cm³/mol. The average molecular weight is 91.8 g/mol. The lowest BCUT2D eigenvalue weighted by molar-refractivity contribution is 0.625. The van der Waals surface area contributed by atoms with Gasteiger partial charge in [0.15, 0.2) is 0 Å². The minimum Gasteiger partial charge on any atom is -0.0866 e. The molecule has 0 aliphatic rings. The minimum absolute atomic E-state index is 0.542. The fraction of sp³-hybridized carbons (Fsp3) is 1.00. The lowest BCUT2D eigenvalue weighted by atomic mass is 9.80. The molecule has 0 aromatic carbocycles. The lowest BCUT2D eigenvalue weighted by Crippen LogP contribution is -1.94. The van der Waals surface area contributed by atoms with Gasteiger partial charge in [-0.3, -0.25) is 0 Å². The molecule has 0 unspecified atom stereocenters. The minimum atomic E-state index is 0.542. The zero-order valence-electron chi connectivity index (χ0n) is 4.85. The molecule has 0 amide bonds. The highest BCUT2D eigenvalue weighted by Gasteiger charge is 1.95. The standard InChI is InChI=1S/C5H10B2/c1-2-5(3-6)4-7/h5H,2-4H2,1H3. The summed E-state index contributed by atoms with van der Waals surface area (Å²) in [6.07, 6.45) is 2.56. The number of hydrogen-bond acceptors (Lipinski definition) is 0. The summed E-state index contributed by atoms with van der Waals surface area (Å²) in [6.45, 7) is 2.10. The van der Waals surface area contributed by atoms with Crippen LogP contribution in [0.3, 0.4) is 0 Å². The normalized spacial score (nSPS) is 10.0. The van der Waals surface area contributed by atoms with E-state index in [-0.39, 0.29) is 0 Å². The molecule has 0 nitrogen and oxygen atoms in total. The van der Waals surface area contributed by atoms with Crippen molar-refractivity contribution in [2.24, 2.45) is 5.92 Å². The molecule has 0 bridgehead atoms. The van der Waals surface area contributed by atoms with E-state index < -0.39 is 0 Å². The molecule has 0 saturated carbocycles. The summed E-state index contributed by atoms with van der Waals surface area (Å²) in [4.78, 5) is 0. The van der Waals surface area contributed by atoms with Crippen LogP contribution in [0.4, 0.5) is 0 Å². The van der Waals surface area contributed by atoms with Gasteiger partial charge >= 0.3 is 0 Å². The molecular formula is C5H10B2. The van der Waals surface area contributed by atoms with Gasteiger partial charge in [-0.05, 0) is 0 Å². The van der Waals surface area contributed by atoms with Gasteiger partial charge in [-0.15, -0.1) is 0 Å². The highest BCUT2D eigenvalue weighted by atomic mass is 14.0. The van der Waals surface area contributed by atoms with Gasteiger partial charge in [-0.25, -0.2) is 0 Å². The Hall–Kier alpha value is 0.130. The van der Waals surface area contributed by atoms with Crippen LogP contribution in [0.2, 0.25) is 12.6 Å². The Kier molecular flexibility index (Phi) is 4.37. The van der Waals surface area contributed by atoms with Crippen LogP contribution < -0.4 is 0 Å². The van der Waals surface area contributed by atoms with Crippen molar-refractivity contribution in [2.75, 3.05) is 0 Å². The number of hydrogen-bond donors (Lipinski definition) is 0. The van der Waals surface area contributed by atoms with E-state index >= 15 is 0 Å². The van der Waals surface area contributed by atoms with E-state index in [2.05, 4.69) is 6.92 Å². The van der Waals surface area contributed by atoms with Crippen molar-refractivity contribution in [3.8, 4) is 0 Å². The molecule has 0 N–H and O–H groups in total. The Labute approximate surface area is 48.5 Å². The molecule has 0 fully saturated rings. The molecule has 0 saturated heterocycles. The predicted octanol–water partition coefficient (Wildman–Crippen LogP) is 1.19. The first-order valence-corrected chi connectivity index (χ1v) is 2.75. The van der Waals surface area contributed by atoms with Crippen LogP contribution in [0.15, 0.2) is 0 Å². The first-order chi connectivity index (χ1) is 3.35. The molecule has 36 valence electrons. The van der Waals surface area contributed by atoms with Crippen LogP contribution >= 0.6 is 0 Å². The van der Waals surface area contributed by atoms with Gasteiger partial charge in [0.1, 0.15) is 0 Å². The second-order valence-electron chi connectivity index (χ2n) is 1.75. The molecule has 0 aromatic rings. The zero-order chi connectivity index (χ0) is 5.70. The summed E-state index contributed by atoms with van der Waals surface area (Å²) in [5.74, 6) is 0.542. The highest BCUT2D eigenvalue weighted by Crippen LogP contribution is 2.08. The molecule has 0 aliphatic heterocycles. The van der Waals surface area contributed by atoms with Crippen molar-refractivity contribution in [1.82, 2.24) is 0 Å². The molecule has 2 heteroatoms. The topological polar surface area (TPSA) is 0 Å². The maximum absolute atomic E-state index is 5.31. The van der Waals surface area contributed by atoms with Gasteiger partial charge < -0.3 is 0 Å². The van der Waals surface area contributed by atoms with Gasteiger partial charge in [0.25, 0.3) is 0 Å². The van der Waals surface area contributed by atoms with Gasteiger partial charge in [0.05, 0.1) is 15.7 Å². The molecule has 0 heterocycles. The maximum atomic E-state index is 5.31. The van der Waals surface area contributed by atoms with E-state index in [1.165, 1.54) is 0 Å². The lowest BCUT2D eigenvalue weighted by Gasteiger charge is -2.06. The third-order valence-corrected chi connectivity index (χ3v) is 1.24. The molecular weight excluding hydrogens is 81.7 g/mol.